The van der Waals surface area contributed by atoms with E-state index >= 15 is 0 Å². The maximum absolute atomic E-state index is 11.8. The van der Waals surface area contributed by atoms with Gasteiger partial charge in [-0.1, -0.05) is 11.6 Å². The van der Waals surface area contributed by atoms with Gasteiger partial charge in [-0.3, -0.25) is 0 Å². The second-order valence-electron chi connectivity index (χ2n) is 4.36. The summed E-state index contributed by atoms with van der Waals surface area (Å²) in [6.45, 7) is 3.53. The van der Waals surface area contributed by atoms with Crippen LogP contribution in [-0.2, 0) is 21.9 Å². The topological polar surface area (TPSA) is 108 Å². The third-order valence-electron chi connectivity index (χ3n) is 2.23. The zero-order chi connectivity index (χ0) is 15.5. The summed E-state index contributed by atoms with van der Waals surface area (Å²) in [4.78, 5) is 13.9. The number of aryl methyl sites for hydroxylation is 1. The van der Waals surface area contributed by atoms with E-state index in [1.807, 2.05) is 0 Å². The molecule has 0 aliphatic carbocycles. The van der Waals surface area contributed by atoms with Crippen LogP contribution in [0.3, 0.4) is 0 Å². The van der Waals surface area contributed by atoms with Crippen molar-refractivity contribution in [2.45, 2.75) is 19.9 Å². The molecule has 0 radical (unpaired) electrons. The second-order valence-corrected chi connectivity index (χ2v) is 6.29. The Morgan fingerprint density at radius 3 is 2.65 bits per heavy atom. The smallest absolute Gasteiger partial charge is 0.356 e. The molecule has 0 aliphatic rings. The third kappa shape index (κ3) is 4.10. The van der Waals surface area contributed by atoms with Crippen LogP contribution in [0.2, 0.25) is 5.02 Å². The highest BCUT2D eigenvalue weighted by Crippen LogP contribution is 2.27. The molecule has 114 valence electrons. The van der Waals surface area contributed by atoms with Gasteiger partial charge in [0.05, 0.1) is 17.8 Å². The number of aromatic nitrogens is 1. The number of anilines is 1. The maximum atomic E-state index is 11.8. The number of esters is 1. The fourth-order valence-electron chi connectivity index (χ4n) is 1.50. The summed E-state index contributed by atoms with van der Waals surface area (Å²) in [6.07, 6.45) is 1.52. The normalized spacial score (nSPS) is 14.1. The highest BCUT2D eigenvalue weighted by atomic mass is 35.5. The predicted octanol–water partition coefficient (Wildman–Crippen LogP) is 1.26. The SMILES string of the molecule is COC(=O)c1c(Cl)c(NNS(=N)(=O)NC(C)C)cn1C. The summed E-state index contributed by atoms with van der Waals surface area (Å²) in [5, 5.41) is 0.117. The van der Waals surface area contributed by atoms with Gasteiger partial charge in [0.2, 0.25) is 0 Å². The molecular weight excluding hydrogens is 306 g/mol. The van der Waals surface area contributed by atoms with Crippen LogP contribution in [0, 0.1) is 4.78 Å². The van der Waals surface area contributed by atoms with Gasteiger partial charge in [-0.05, 0) is 13.8 Å². The van der Waals surface area contributed by atoms with Gasteiger partial charge in [-0.25, -0.2) is 18.5 Å². The van der Waals surface area contributed by atoms with Crippen molar-refractivity contribution < 1.29 is 13.7 Å². The molecule has 0 amide bonds. The Hall–Kier alpha value is -1.29. The van der Waals surface area contributed by atoms with E-state index in [1.165, 1.54) is 17.9 Å². The first-order chi connectivity index (χ1) is 9.18. The van der Waals surface area contributed by atoms with E-state index in [0.717, 1.165) is 0 Å². The molecule has 0 aliphatic heterocycles. The minimum absolute atomic E-state index is 0.117. The summed E-state index contributed by atoms with van der Waals surface area (Å²) in [5.41, 5.74) is 3.04. The molecule has 1 atom stereocenters. The minimum atomic E-state index is -3.22. The number of halogens is 1. The molecular formula is C10H18ClN5O3S. The fourth-order valence-corrected chi connectivity index (χ4v) is 2.79. The van der Waals surface area contributed by atoms with Crippen molar-refractivity contribution in [3.05, 3.63) is 16.9 Å². The van der Waals surface area contributed by atoms with Crippen molar-refractivity contribution in [2.75, 3.05) is 12.5 Å². The largest absolute Gasteiger partial charge is 0.464 e. The predicted molar refractivity (Wildman–Crippen MR) is 77.7 cm³/mol. The first-order valence-electron chi connectivity index (χ1n) is 5.70. The highest BCUT2D eigenvalue weighted by Gasteiger charge is 2.20. The van der Waals surface area contributed by atoms with Crippen LogP contribution in [0.5, 0.6) is 0 Å². The number of rotatable bonds is 6. The van der Waals surface area contributed by atoms with Gasteiger partial charge in [0, 0.05) is 19.3 Å². The van der Waals surface area contributed by atoms with Gasteiger partial charge < -0.3 is 14.7 Å². The number of hydrogen-bond acceptors (Lipinski definition) is 5. The number of carbonyl (C=O) groups excluding carboxylic acids is 1. The van der Waals surface area contributed by atoms with Crippen LogP contribution in [0.25, 0.3) is 0 Å². The van der Waals surface area contributed by atoms with E-state index in [4.69, 9.17) is 16.4 Å². The molecule has 4 N–H and O–H groups in total. The molecule has 0 spiro atoms. The highest BCUT2D eigenvalue weighted by molar-refractivity contribution is 7.88. The van der Waals surface area contributed by atoms with Gasteiger partial charge in [0.1, 0.15) is 5.69 Å². The molecule has 10 heteroatoms. The Labute approximate surface area is 123 Å². The number of hydrazine groups is 1. The number of methoxy groups -OCH3 is 1. The molecule has 0 fully saturated rings. The van der Waals surface area contributed by atoms with E-state index in [1.54, 1.807) is 20.9 Å². The van der Waals surface area contributed by atoms with Crippen LogP contribution in [0.1, 0.15) is 24.3 Å². The molecule has 8 nitrogen and oxygen atoms in total. The summed E-state index contributed by atoms with van der Waals surface area (Å²) < 4.78 is 28.0. The number of carbonyl (C=O) groups is 1. The van der Waals surface area contributed by atoms with Crippen molar-refractivity contribution in [3.8, 4) is 0 Å². The Kier molecular flexibility index (Phi) is 5.40. The Morgan fingerprint density at radius 2 is 2.15 bits per heavy atom. The average Bonchev–Trinajstić information content (AvgIpc) is 2.59. The van der Waals surface area contributed by atoms with Crippen LogP contribution < -0.4 is 15.0 Å². The number of ether oxygens (including phenoxy) is 1. The first kappa shape index (κ1) is 16.8. The van der Waals surface area contributed by atoms with Crippen LogP contribution in [0.4, 0.5) is 5.69 Å². The minimum Gasteiger partial charge on any atom is -0.464 e. The zero-order valence-electron chi connectivity index (χ0n) is 11.6. The Bertz CT molecular complexity index is 596. The monoisotopic (exact) mass is 323 g/mol. The van der Waals surface area contributed by atoms with Gasteiger partial charge >= 0.3 is 5.97 Å². The van der Waals surface area contributed by atoms with E-state index in [0.29, 0.717) is 5.69 Å². The van der Waals surface area contributed by atoms with Crippen molar-refractivity contribution >= 4 is 33.4 Å². The first-order valence-corrected chi connectivity index (χ1v) is 7.63. The second kappa shape index (κ2) is 6.44. The molecule has 1 rings (SSSR count). The summed E-state index contributed by atoms with van der Waals surface area (Å²) in [7, 11) is -0.351. The Morgan fingerprint density at radius 1 is 1.55 bits per heavy atom. The average molecular weight is 324 g/mol. The molecule has 0 aromatic carbocycles. The fraction of sp³-hybridized carbons (Fsp3) is 0.500. The van der Waals surface area contributed by atoms with E-state index in [2.05, 4.69) is 19.7 Å². The van der Waals surface area contributed by atoms with Gasteiger partial charge in [-0.15, -0.1) is 4.83 Å². The lowest BCUT2D eigenvalue weighted by molar-refractivity contribution is 0.0590. The number of nitrogens with one attached hydrogen (secondary N) is 4. The summed E-state index contributed by atoms with van der Waals surface area (Å²) >= 11 is 6.04. The van der Waals surface area contributed by atoms with E-state index in [9.17, 15) is 9.00 Å². The van der Waals surface area contributed by atoms with Crippen molar-refractivity contribution in [3.63, 3.8) is 0 Å². The summed E-state index contributed by atoms with van der Waals surface area (Å²) in [5.74, 6) is -0.586. The van der Waals surface area contributed by atoms with Gasteiger partial charge in [0.25, 0.3) is 0 Å². The van der Waals surface area contributed by atoms with E-state index in [-0.39, 0.29) is 16.8 Å². The molecule has 1 aromatic heterocycles. The van der Waals surface area contributed by atoms with Crippen molar-refractivity contribution in [2.24, 2.45) is 7.05 Å². The quantitative estimate of drug-likeness (QED) is 0.467. The Balaban J connectivity index is 2.88. The maximum Gasteiger partial charge on any atom is 0.356 e. The lowest BCUT2D eigenvalue weighted by Crippen LogP contribution is -2.41. The molecule has 20 heavy (non-hydrogen) atoms. The van der Waals surface area contributed by atoms with Gasteiger partial charge in [0.15, 0.2) is 10.1 Å². The number of hydrogen-bond donors (Lipinski definition) is 4. The standard InChI is InChI=1S/C10H18ClN5O3S/c1-6(2)14-20(12,18)15-13-7-5-16(3)9(8(7)11)10(17)19-4/h5-6,13H,1-4H3,(H3,12,14,15,18). The third-order valence-corrected chi connectivity index (χ3v) is 3.81. The molecule has 1 heterocycles. The number of nitrogens with zero attached hydrogens (tertiary/aromatic N) is 1. The van der Waals surface area contributed by atoms with Crippen LogP contribution >= 0.6 is 11.6 Å². The lowest BCUT2D eigenvalue weighted by Gasteiger charge is -2.14. The molecule has 0 saturated heterocycles. The molecule has 0 saturated carbocycles. The van der Waals surface area contributed by atoms with Crippen LogP contribution in [0.15, 0.2) is 6.20 Å². The summed E-state index contributed by atoms with van der Waals surface area (Å²) in [6, 6.07) is -0.133. The lowest BCUT2D eigenvalue weighted by atomic mass is 10.4. The van der Waals surface area contributed by atoms with Crippen molar-refractivity contribution in [1.82, 2.24) is 14.1 Å². The molecule has 1 aromatic rings. The van der Waals surface area contributed by atoms with E-state index < -0.39 is 16.1 Å². The molecule has 1 unspecified atom stereocenters. The van der Waals surface area contributed by atoms with Crippen LogP contribution in [-0.4, -0.2) is 27.9 Å². The van der Waals surface area contributed by atoms with Gasteiger partial charge in [-0.2, -0.15) is 0 Å². The zero-order valence-corrected chi connectivity index (χ0v) is 13.2. The van der Waals surface area contributed by atoms with Crippen molar-refractivity contribution in [1.29, 1.82) is 4.78 Å². The molecule has 0 bridgehead atoms.